The molecule has 0 aliphatic carbocycles. The minimum Gasteiger partial charge on any atom is -0.497 e. The van der Waals surface area contributed by atoms with Gasteiger partial charge in [0.2, 0.25) is 0 Å². The number of H-pyrrole nitrogens is 1. The molecule has 1 aliphatic heterocycles. The summed E-state index contributed by atoms with van der Waals surface area (Å²) in [5, 5.41) is 4.77. The van der Waals surface area contributed by atoms with Crippen molar-refractivity contribution in [1.29, 1.82) is 0 Å². The van der Waals surface area contributed by atoms with E-state index in [4.69, 9.17) is 4.74 Å². The van der Waals surface area contributed by atoms with Crippen molar-refractivity contribution in [2.24, 2.45) is 0 Å². The number of hydrogen-bond acceptors (Lipinski definition) is 2. The first-order chi connectivity index (χ1) is 8.68. The predicted octanol–water partition coefficient (Wildman–Crippen LogP) is 2.72. The van der Waals surface area contributed by atoms with Crippen LogP contribution in [-0.2, 0) is 12.0 Å². The van der Waals surface area contributed by atoms with Crippen molar-refractivity contribution < 1.29 is 4.74 Å². The summed E-state index contributed by atoms with van der Waals surface area (Å²) >= 11 is 0. The van der Waals surface area contributed by atoms with Crippen LogP contribution in [-0.4, -0.2) is 18.6 Å². The zero-order chi connectivity index (χ0) is 12.8. The second kappa shape index (κ2) is 3.89. The normalized spacial score (nSPS) is 22.8. The Balaban J connectivity index is 2.27. The fourth-order valence-electron chi connectivity index (χ4n) is 2.77. The molecule has 18 heavy (non-hydrogen) atoms. The quantitative estimate of drug-likeness (QED) is 0.794. The Bertz CT molecular complexity index is 614. The number of hydrogen-bond donors (Lipinski definition) is 2. The number of ether oxygens (including phenoxy) is 1. The zero-order valence-corrected chi connectivity index (χ0v) is 10.8. The topological polar surface area (TPSA) is 37.0 Å². The van der Waals surface area contributed by atoms with Gasteiger partial charge in [0.05, 0.1) is 12.6 Å². The molecule has 1 aliphatic rings. The lowest BCUT2D eigenvalue weighted by Gasteiger charge is -2.32. The summed E-state index contributed by atoms with van der Waals surface area (Å²) in [6.07, 6.45) is 3.00. The van der Waals surface area contributed by atoms with E-state index in [2.05, 4.69) is 35.9 Å². The Morgan fingerprint density at radius 3 is 3.00 bits per heavy atom. The van der Waals surface area contributed by atoms with Gasteiger partial charge in [-0.3, -0.25) is 0 Å². The van der Waals surface area contributed by atoms with Crippen molar-refractivity contribution >= 4 is 10.9 Å². The van der Waals surface area contributed by atoms with Crippen LogP contribution in [0.5, 0.6) is 5.75 Å². The van der Waals surface area contributed by atoms with Gasteiger partial charge >= 0.3 is 0 Å². The van der Waals surface area contributed by atoms with Gasteiger partial charge in [-0.15, -0.1) is 6.58 Å². The van der Waals surface area contributed by atoms with Crippen LogP contribution in [0.4, 0.5) is 0 Å². The molecule has 0 saturated heterocycles. The van der Waals surface area contributed by atoms with Crippen LogP contribution in [0.25, 0.3) is 10.9 Å². The van der Waals surface area contributed by atoms with Crippen LogP contribution in [0.3, 0.4) is 0 Å². The first-order valence-corrected chi connectivity index (χ1v) is 6.25. The molecule has 1 unspecified atom stereocenters. The van der Waals surface area contributed by atoms with Gasteiger partial charge in [-0.1, -0.05) is 6.08 Å². The minimum absolute atomic E-state index is 0.167. The summed E-state index contributed by atoms with van der Waals surface area (Å²) in [4.78, 5) is 3.52. The maximum atomic E-state index is 5.31. The molecule has 0 fully saturated rings. The summed E-state index contributed by atoms with van der Waals surface area (Å²) in [6.45, 7) is 7.08. The second-order valence-electron chi connectivity index (χ2n) is 4.97. The molecule has 2 aromatic rings. The average molecular weight is 242 g/mol. The van der Waals surface area contributed by atoms with Crippen molar-refractivity contribution in [1.82, 2.24) is 10.3 Å². The predicted molar refractivity (Wildman–Crippen MR) is 74.1 cm³/mol. The van der Waals surface area contributed by atoms with Gasteiger partial charge in [0.1, 0.15) is 5.75 Å². The Morgan fingerprint density at radius 1 is 1.44 bits per heavy atom. The summed E-state index contributed by atoms with van der Waals surface area (Å²) in [5.41, 5.74) is 3.61. The van der Waals surface area contributed by atoms with E-state index >= 15 is 0 Å². The molecule has 1 aromatic heterocycles. The lowest BCUT2D eigenvalue weighted by Crippen LogP contribution is -2.43. The van der Waals surface area contributed by atoms with E-state index in [0.717, 1.165) is 24.2 Å². The van der Waals surface area contributed by atoms with Gasteiger partial charge in [0, 0.05) is 23.1 Å². The maximum Gasteiger partial charge on any atom is 0.119 e. The largest absolute Gasteiger partial charge is 0.497 e. The molecule has 2 N–H and O–H groups in total. The fraction of sp³-hybridized carbons (Fsp3) is 0.333. The monoisotopic (exact) mass is 242 g/mol. The van der Waals surface area contributed by atoms with Gasteiger partial charge in [-0.2, -0.15) is 0 Å². The highest BCUT2D eigenvalue weighted by Gasteiger charge is 2.31. The molecule has 0 radical (unpaired) electrons. The third-order valence-corrected chi connectivity index (χ3v) is 3.91. The summed E-state index contributed by atoms with van der Waals surface area (Å²) in [5.74, 6) is 0.906. The molecular formula is C15H18N2O. The van der Waals surface area contributed by atoms with Gasteiger partial charge in [0.15, 0.2) is 0 Å². The Kier molecular flexibility index (Phi) is 2.45. The number of fused-ring (bicyclic) bond motifs is 3. The van der Waals surface area contributed by atoms with Crippen molar-refractivity contribution in [3.63, 3.8) is 0 Å². The molecule has 3 nitrogen and oxygen atoms in total. The number of methoxy groups -OCH3 is 1. The summed E-state index contributed by atoms with van der Waals surface area (Å²) in [6, 6.07) is 6.18. The van der Waals surface area contributed by atoms with Crippen LogP contribution in [0, 0.1) is 0 Å². The Labute approximate surface area is 107 Å². The molecule has 2 heterocycles. The number of aromatic amines is 1. The van der Waals surface area contributed by atoms with Gasteiger partial charge in [0.25, 0.3) is 0 Å². The van der Waals surface area contributed by atoms with Crippen molar-refractivity contribution in [2.45, 2.75) is 18.9 Å². The van der Waals surface area contributed by atoms with Gasteiger partial charge in [-0.05, 0) is 37.1 Å². The summed E-state index contributed by atoms with van der Waals surface area (Å²) in [7, 11) is 1.70. The van der Waals surface area contributed by atoms with Crippen LogP contribution < -0.4 is 10.1 Å². The highest BCUT2D eigenvalue weighted by atomic mass is 16.5. The lowest BCUT2D eigenvalue weighted by atomic mass is 9.89. The maximum absolute atomic E-state index is 5.31. The number of rotatable bonds is 2. The van der Waals surface area contributed by atoms with E-state index in [0.29, 0.717) is 0 Å². The van der Waals surface area contributed by atoms with Crippen molar-refractivity contribution in [3.8, 4) is 5.75 Å². The first kappa shape index (κ1) is 11.4. The smallest absolute Gasteiger partial charge is 0.119 e. The molecule has 0 bridgehead atoms. The van der Waals surface area contributed by atoms with Crippen LogP contribution >= 0.6 is 0 Å². The van der Waals surface area contributed by atoms with Crippen LogP contribution in [0.2, 0.25) is 0 Å². The van der Waals surface area contributed by atoms with Crippen molar-refractivity contribution in [3.05, 3.63) is 42.1 Å². The third-order valence-electron chi connectivity index (χ3n) is 3.91. The molecule has 3 heteroatoms. The minimum atomic E-state index is -0.167. The molecule has 0 spiro atoms. The Hall–Kier alpha value is -1.74. The fourth-order valence-corrected chi connectivity index (χ4v) is 2.77. The number of aromatic nitrogens is 1. The van der Waals surface area contributed by atoms with E-state index < -0.39 is 0 Å². The van der Waals surface area contributed by atoms with E-state index in [-0.39, 0.29) is 5.54 Å². The molecule has 1 atom stereocenters. The molecule has 0 amide bonds. The zero-order valence-electron chi connectivity index (χ0n) is 10.8. The van der Waals surface area contributed by atoms with E-state index in [1.165, 1.54) is 16.6 Å². The number of benzene rings is 1. The number of nitrogens with one attached hydrogen (secondary N) is 2. The first-order valence-electron chi connectivity index (χ1n) is 6.25. The Morgan fingerprint density at radius 2 is 2.28 bits per heavy atom. The van der Waals surface area contributed by atoms with E-state index in [1.807, 2.05) is 12.1 Å². The third kappa shape index (κ3) is 1.47. The SMILES string of the molecule is C=CC1(C)NCCc2c1[nH]c1ccc(OC)cc21. The standard InChI is InChI=1S/C15H18N2O/c1-4-15(2)14-11(7-8-16-15)12-9-10(18-3)5-6-13(12)17-14/h4-6,9,16-17H,1,7-8H2,2-3H3. The van der Waals surface area contributed by atoms with E-state index in [1.54, 1.807) is 7.11 Å². The highest BCUT2D eigenvalue weighted by molar-refractivity contribution is 5.87. The summed E-state index contributed by atoms with van der Waals surface area (Å²) < 4.78 is 5.31. The molecule has 94 valence electrons. The van der Waals surface area contributed by atoms with Crippen molar-refractivity contribution in [2.75, 3.05) is 13.7 Å². The molecular weight excluding hydrogens is 224 g/mol. The van der Waals surface area contributed by atoms with E-state index in [9.17, 15) is 0 Å². The molecule has 0 saturated carbocycles. The molecule has 3 rings (SSSR count). The van der Waals surface area contributed by atoms with Gasteiger partial charge in [-0.25, -0.2) is 0 Å². The lowest BCUT2D eigenvalue weighted by molar-refractivity contribution is 0.415. The van der Waals surface area contributed by atoms with Crippen LogP contribution in [0.15, 0.2) is 30.9 Å². The van der Waals surface area contributed by atoms with Gasteiger partial charge < -0.3 is 15.0 Å². The average Bonchev–Trinajstić information content (AvgIpc) is 2.78. The second-order valence-corrected chi connectivity index (χ2v) is 4.97. The molecule has 1 aromatic carbocycles. The highest BCUT2D eigenvalue weighted by Crippen LogP contribution is 2.35. The van der Waals surface area contributed by atoms with Crippen LogP contribution in [0.1, 0.15) is 18.2 Å².